The number of hydrogen-bond acceptors (Lipinski definition) is 1. The molecule has 1 heteroatoms. The van der Waals surface area contributed by atoms with Crippen LogP contribution in [0.4, 0.5) is 0 Å². The molecule has 0 amide bonds. The lowest BCUT2D eigenvalue weighted by molar-refractivity contribution is 0.348. The minimum atomic E-state index is 0.735. The van der Waals surface area contributed by atoms with Crippen LogP contribution in [0.1, 0.15) is 55.2 Å². The van der Waals surface area contributed by atoms with Crippen molar-refractivity contribution in [3.63, 3.8) is 0 Å². The quantitative estimate of drug-likeness (QED) is 0.442. The van der Waals surface area contributed by atoms with Crippen LogP contribution in [0.3, 0.4) is 0 Å². The van der Waals surface area contributed by atoms with E-state index in [0.717, 1.165) is 28.7 Å². The summed E-state index contributed by atoms with van der Waals surface area (Å²) >= 11 is 0. The molecular formula is C28H28O. The lowest BCUT2D eigenvalue weighted by atomic mass is 9.79. The molecule has 0 aromatic heterocycles. The summed E-state index contributed by atoms with van der Waals surface area (Å²) in [6, 6.07) is 25.4. The lowest BCUT2D eigenvalue weighted by Gasteiger charge is -2.26. The van der Waals surface area contributed by atoms with Crippen LogP contribution in [-0.2, 0) is 0 Å². The average Bonchev–Trinajstić information content (AvgIpc) is 2.79. The van der Waals surface area contributed by atoms with Gasteiger partial charge >= 0.3 is 0 Å². The molecule has 3 aromatic carbocycles. The molecule has 1 nitrogen and oxygen atoms in total. The minimum Gasteiger partial charge on any atom is -0.497 e. The van der Waals surface area contributed by atoms with Gasteiger partial charge < -0.3 is 4.74 Å². The molecular weight excluding hydrogens is 352 g/mol. The first-order valence-electron chi connectivity index (χ1n) is 10.6. The van der Waals surface area contributed by atoms with Gasteiger partial charge in [0.15, 0.2) is 0 Å². The van der Waals surface area contributed by atoms with Gasteiger partial charge in [-0.05, 0) is 77.8 Å². The van der Waals surface area contributed by atoms with E-state index in [1.165, 1.54) is 42.4 Å². The van der Waals surface area contributed by atoms with Crippen molar-refractivity contribution in [3.05, 3.63) is 89.5 Å². The van der Waals surface area contributed by atoms with Crippen LogP contribution in [0.5, 0.6) is 5.75 Å². The fourth-order valence-corrected chi connectivity index (χ4v) is 4.11. The Morgan fingerprint density at radius 3 is 1.66 bits per heavy atom. The second-order valence-corrected chi connectivity index (χ2v) is 8.13. The van der Waals surface area contributed by atoms with Crippen LogP contribution in [0, 0.1) is 17.8 Å². The Morgan fingerprint density at radius 1 is 0.655 bits per heavy atom. The Kier molecular flexibility index (Phi) is 6.01. The highest BCUT2D eigenvalue weighted by Crippen LogP contribution is 2.35. The Labute approximate surface area is 174 Å². The first-order valence-corrected chi connectivity index (χ1v) is 10.6. The maximum absolute atomic E-state index is 5.23. The summed E-state index contributed by atoms with van der Waals surface area (Å²) in [4.78, 5) is 0. The first-order chi connectivity index (χ1) is 14.2. The molecule has 3 aromatic rings. The van der Waals surface area contributed by atoms with E-state index in [9.17, 15) is 0 Å². The molecule has 1 fully saturated rings. The van der Waals surface area contributed by atoms with Gasteiger partial charge in [-0.15, -0.1) is 0 Å². The number of benzene rings is 3. The molecule has 0 radical (unpaired) electrons. The molecule has 0 atom stereocenters. The standard InChI is InChI=1S/C28H28O/c1-21-3-11-24(12-4-21)25-13-7-22(8-14-25)5-6-23-9-15-26(16-10-23)27-17-19-28(29-2)20-18-27/h7-10,13-21,24H,3-4,11-12H2,1-2H3. The SMILES string of the molecule is COc1ccc(-c2ccc(C#Cc3ccc(C4CCC(C)CC4)cc3)cc2)cc1. The van der Waals surface area contributed by atoms with Gasteiger partial charge in [0, 0.05) is 11.1 Å². The van der Waals surface area contributed by atoms with Crippen LogP contribution in [-0.4, -0.2) is 7.11 Å². The first kappa shape index (κ1) is 19.3. The zero-order chi connectivity index (χ0) is 20.1. The summed E-state index contributed by atoms with van der Waals surface area (Å²) in [7, 11) is 1.69. The summed E-state index contributed by atoms with van der Waals surface area (Å²) in [6.45, 7) is 2.37. The molecule has 0 aliphatic heterocycles. The second-order valence-electron chi connectivity index (χ2n) is 8.13. The lowest BCUT2D eigenvalue weighted by Crippen LogP contribution is -2.10. The summed E-state index contributed by atoms with van der Waals surface area (Å²) in [6.07, 6.45) is 5.37. The molecule has 0 heterocycles. The van der Waals surface area contributed by atoms with E-state index in [1.54, 1.807) is 7.11 Å². The summed E-state index contributed by atoms with van der Waals surface area (Å²) in [5, 5.41) is 0. The highest BCUT2D eigenvalue weighted by Gasteiger charge is 2.19. The third-order valence-corrected chi connectivity index (χ3v) is 6.06. The molecule has 0 bridgehead atoms. The van der Waals surface area contributed by atoms with Crippen molar-refractivity contribution in [2.45, 2.75) is 38.5 Å². The average molecular weight is 381 g/mol. The molecule has 1 saturated carbocycles. The molecule has 0 spiro atoms. The minimum absolute atomic E-state index is 0.735. The summed E-state index contributed by atoms with van der Waals surface area (Å²) < 4.78 is 5.23. The molecule has 29 heavy (non-hydrogen) atoms. The molecule has 1 aliphatic rings. The largest absolute Gasteiger partial charge is 0.497 e. The van der Waals surface area contributed by atoms with E-state index in [0.29, 0.717) is 0 Å². The van der Waals surface area contributed by atoms with Crippen molar-refractivity contribution >= 4 is 0 Å². The Balaban J connectivity index is 1.42. The van der Waals surface area contributed by atoms with Gasteiger partial charge in [0.1, 0.15) is 5.75 Å². The molecule has 4 rings (SSSR count). The predicted molar refractivity (Wildman–Crippen MR) is 121 cm³/mol. The van der Waals surface area contributed by atoms with Gasteiger partial charge in [0.2, 0.25) is 0 Å². The maximum atomic E-state index is 5.23. The van der Waals surface area contributed by atoms with E-state index in [-0.39, 0.29) is 0 Å². The maximum Gasteiger partial charge on any atom is 0.118 e. The van der Waals surface area contributed by atoms with Crippen molar-refractivity contribution in [2.24, 2.45) is 5.92 Å². The van der Waals surface area contributed by atoms with Crippen molar-refractivity contribution in [3.8, 4) is 28.7 Å². The molecule has 0 saturated heterocycles. The van der Waals surface area contributed by atoms with Gasteiger partial charge in [0.25, 0.3) is 0 Å². The highest BCUT2D eigenvalue weighted by atomic mass is 16.5. The van der Waals surface area contributed by atoms with Gasteiger partial charge in [-0.25, -0.2) is 0 Å². The van der Waals surface area contributed by atoms with Crippen LogP contribution in [0.15, 0.2) is 72.8 Å². The predicted octanol–water partition coefficient (Wildman–Crippen LogP) is 7.06. The van der Waals surface area contributed by atoms with E-state index >= 15 is 0 Å². The Bertz CT molecular complexity index is 977. The number of ether oxygens (including phenoxy) is 1. The molecule has 0 N–H and O–H groups in total. The zero-order valence-corrected chi connectivity index (χ0v) is 17.3. The second kappa shape index (κ2) is 9.01. The fourth-order valence-electron chi connectivity index (χ4n) is 4.11. The highest BCUT2D eigenvalue weighted by molar-refractivity contribution is 5.65. The van der Waals surface area contributed by atoms with E-state index in [4.69, 9.17) is 4.74 Å². The molecule has 0 unspecified atom stereocenters. The fraction of sp³-hybridized carbons (Fsp3) is 0.286. The van der Waals surface area contributed by atoms with E-state index in [1.807, 2.05) is 12.1 Å². The smallest absolute Gasteiger partial charge is 0.118 e. The summed E-state index contributed by atoms with van der Waals surface area (Å²) in [5.74, 6) is 9.10. The van der Waals surface area contributed by atoms with Gasteiger partial charge in [-0.3, -0.25) is 0 Å². The van der Waals surface area contributed by atoms with Crippen LogP contribution >= 0.6 is 0 Å². The third kappa shape index (κ3) is 4.90. The van der Waals surface area contributed by atoms with Crippen LogP contribution in [0.2, 0.25) is 0 Å². The molecule has 146 valence electrons. The summed E-state index contributed by atoms with van der Waals surface area (Å²) in [5.41, 5.74) is 5.96. The van der Waals surface area contributed by atoms with Crippen LogP contribution in [0.25, 0.3) is 11.1 Å². The third-order valence-electron chi connectivity index (χ3n) is 6.06. The number of rotatable bonds is 3. The van der Waals surface area contributed by atoms with Crippen molar-refractivity contribution < 1.29 is 4.74 Å². The Hall–Kier alpha value is -2.98. The van der Waals surface area contributed by atoms with Crippen molar-refractivity contribution in [2.75, 3.05) is 7.11 Å². The number of hydrogen-bond donors (Lipinski definition) is 0. The van der Waals surface area contributed by atoms with Crippen molar-refractivity contribution in [1.82, 2.24) is 0 Å². The zero-order valence-electron chi connectivity index (χ0n) is 17.3. The van der Waals surface area contributed by atoms with E-state index in [2.05, 4.69) is 79.4 Å². The van der Waals surface area contributed by atoms with Crippen molar-refractivity contribution in [1.29, 1.82) is 0 Å². The van der Waals surface area contributed by atoms with Gasteiger partial charge in [0.05, 0.1) is 7.11 Å². The van der Waals surface area contributed by atoms with E-state index < -0.39 is 0 Å². The van der Waals surface area contributed by atoms with Gasteiger partial charge in [-0.1, -0.05) is 68.0 Å². The molecule has 1 aliphatic carbocycles. The number of methoxy groups -OCH3 is 1. The van der Waals surface area contributed by atoms with Gasteiger partial charge in [-0.2, -0.15) is 0 Å². The van der Waals surface area contributed by atoms with Crippen LogP contribution < -0.4 is 4.74 Å². The normalized spacial score (nSPS) is 18.6. The monoisotopic (exact) mass is 380 g/mol. The Morgan fingerprint density at radius 2 is 1.14 bits per heavy atom. The topological polar surface area (TPSA) is 9.23 Å².